The maximum absolute atomic E-state index is 14.9. The lowest BCUT2D eigenvalue weighted by molar-refractivity contribution is -0.119. The Hall–Kier alpha value is -12.8. The Bertz CT molecular complexity index is 7290. The average Bonchev–Trinajstić information content (AvgIpc) is 1.49. The van der Waals surface area contributed by atoms with Crippen LogP contribution in [0.1, 0.15) is 206 Å². The number of pyridine rings is 4. The highest BCUT2D eigenvalue weighted by Crippen LogP contribution is 2.41. The summed E-state index contributed by atoms with van der Waals surface area (Å²) in [7, 11) is -1.48. The predicted molar refractivity (Wildman–Crippen MR) is 539 cm³/mol. The number of carbonyl (C=O) groups excluding carboxylic acids is 4. The molecular formula is C103H125F2N21O12S4. The molecule has 0 saturated carbocycles. The number of sulfonamides is 4. The number of halogens is 2. The molecule has 4 aliphatic carbocycles. The van der Waals surface area contributed by atoms with Gasteiger partial charge in [-0.2, -0.15) is 54.1 Å². The van der Waals surface area contributed by atoms with Gasteiger partial charge in [0.2, 0.25) is 23.6 Å². The molecule has 0 fully saturated rings. The fourth-order valence-corrected chi connectivity index (χ4v) is 22.7. The monoisotopic (exact) mass is 2010 g/mol. The number of hydrogen-bond acceptors (Lipinski definition) is 24. The summed E-state index contributed by atoms with van der Waals surface area (Å²) in [5.41, 5.74) is 21.2. The number of aromatic nitrogens is 12. The van der Waals surface area contributed by atoms with Crippen LogP contribution < -0.4 is 18.9 Å². The Kier molecular flexibility index (Phi) is 33.9. The smallest absolute Gasteiger partial charge is 0.283 e. The summed E-state index contributed by atoms with van der Waals surface area (Å²) in [5, 5.41) is 16.4. The average molecular weight is 2020 g/mol. The Morgan fingerprint density at radius 1 is 0.352 bits per heavy atom. The number of aryl methyl sites for hydroxylation is 4. The number of carbonyl (C=O) groups is 4. The highest BCUT2D eigenvalue weighted by atomic mass is 32.2. The van der Waals surface area contributed by atoms with Crippen LogP contribution in [0.4, 0.5) is 14.6 Å². The molecule has 752 valence electrons. The number of benzene rings is 4. The van der Waals surface area contributed by atoms with Crippen molar-refractivity contribution in [1.82, 2.24) is 97.5 Å². The minimum absolute atomic E-state index is 0.0112. The number of nitrogens with one attached hydrogen (secondary N) is 4. The summed E-state index contributed by atoms with van der Waals surface area (Å²) in [6.45, 7) is 28.5. The van der Waals surface area contributed by atoms with Gasteiger partial charge >= 0.3 is 0 Å². The van der Waals surface area contributed by atoms with Crippen LogP contribution in [0, 0.1) is 32.1 Å². The zero-order valence-electron chi connectivity index (χ0n) is 83.6. The first-order valence-electron chi connectivity index (χ1n) is 47.4. The number of nitrogens with zero attached hydrogens (tertiary/aromatic N) is 17. The SMILES string of the molecule is CC(C)n1nc(S(=O)(=O)NC(=O)Cc2c(-c3ccncc3)cc(F)c3c2CCC3)cc1CN(C)C.Cc1cc(-c2cc(F)c3c(c2CC(=O)NS(=O)(=O)c2cc(CN(C)C)n(C(C)C)n2)CCC3)ccn1.Cc1cc(-c2ccc3c(c2CC(=O)NS(=O)(=O)c2cc(CN(C)C)n(C(C)C)n2)CCC3)ccn1.[C-]#[N+]c1cc(-c2ccc3c(c2CC(=O)NS(=O)(=O)c2cc(CN(C)C)n(C(C)C)n2)CCC3)ccn1. The van der Waals surface area contributed by atoms with Gasteiger partial charge in [0.25, 0.3) is 45.9 Å². The first-order chi connectivity index (χ1) is 67.2. The predicted octanol–water partition coefficient (Wildman–Crippen LogP) is 13.9. The van der Waals surface area contributed by atoms with E-state index >= 15 is 0 Å². The van der Waals surface area contributed by atoms with E-state index in [9.17, 15) is 61.6 Å². The van der Waals surface area contributed by atoms with Crippen molar-refractivity contribution in [2.75, 3.05) is 56.4 Å². The van der Waals surface area contributed by atoms with Gasteiger partial charge < -0.3 is 24.4 Å². The van der Waals surface area contributed by atoms with Gasteiger partial charge in [0, 0.05) is 111 Å². The van der Waals surface area contributed by atoms with Gasteiger partial charge in [0.1, 0.15) is 17.8 Å². The Balaban J connectivity index is 0.000000159. The highest BCUT2D eigenvalue weighted by molar-refractivity contribution is 7.90. The second-order valence-electron chi connectivity index (χ2n) is 38.5. The molecule has 0 bridgehead atoms. The van der Waals surface area contributed by atoms with Crippen molar-refractivity contribution < 1.29 is 61.6 Å². The van der Waals surface area contributed by atoms with Crippen LogP contribution in [0.2, 0.25) is 0 Å². The van der Waals surface area contributed by atoms with Crippen LogP contribution in [-0.4, -0.2) is 192 Å². The molecule has 33 nitrogen and oxygen atoms in total. The van der Waals surface area contributed by atoms with Crippen molar-refractivity contribution in [3.8, 4) is 44.5 Å². The summed E-state index contributed by atoms with van der Waals surface area (Å²) in [6, 6.07) is 31.5. The molecule has 0 radical (unpaired) electrons. The molecule has 8 heterocycles. The summed E-state index contributed by atoms with van der Waals surface area (Å²) < 4.78 is 150. The molecule has 4 aromatic carbocycles. The van der Waals surface area contributed by atoms with Gasteiger partial charge in [0.15, 0.2) is 20.1 Å². The van der Waals surface area contributed by atoms with E-state index in [1.807, 2.05) is 176 Å². The molecule has 0 atom stereocenters. The number of rotatable bonds is 32. The molecule has 0 unspecified atom stereocenters. The molecule has 0 spiro atoms. The molecule has 142 heavy (non-hydrogen) atoms. The van der Waals surface area contributed by atoms with Crippen molar-refractivity contribution >= 4 is 69.5 Å². The minimum Gasteiger partial charge on any atom is -0.361 e. The van der Waals surface area contributed by atoms with Gasteiger partial charge in [-0.3, -0.25) is 52.9 Å². The van der Waals surface area contributed by atoms with Gasteiger partial charge in [-0.25, -0.2) is 27.7 Å². The van der Waals surface area contributed by atoms with Gasteiger partial charge in [-0.1, -0.05) is 30.8 Å². The minimum atomic E-state index is -4.19. The summed E-state index contributed by atoms with van der Waals surface area (Å²) in [6.07, 6.45) is 17.4. The Morgan fingerprint density at radius 2 is 0.627 bits per heavy atom. The van der Waals surface area contributed by atoms with Crippen molar-refractivity contribution in [3.63, 3.8) is 0 Å². The number of fused-ring (bicyclic) bond motifs is 4. The van der Waals surface area contributed by atoms with Crippen molar-refractivity contribution in [3.05, 3.63) is 264 Å². The van der Waals surface area contributed by atoms with E-state index in [1.165, 1.54) is 41.5 Å². The van der Waals surface area contributed by atoms with Crippen LogP contribution in [0.3, 0.4) is 0 Å². The second-order valence-corrected chi connectivity index (χ2v) is 45.0. The topological polar surface area (TPSA) is 393 Å². The van der Waals surface area contributed by atoms with Crippen molar-refractivity contribution in [2.24, 2.45) is 0 Å². The summed E-state index contributed by atoms with van der Waals surface area (Å²) >= 11 is 0. The zero-order valence-corrected chi connectivity index (χ0v) is 86.9. The lowest BCUT2D eigenvalue weighted by Crippen LogP contribution is -2.32. The third-order valence-corrected chi connectivity index (χ3v) is 29.8. The van der Waals surface area contributed by atoms with Crippen molar-refractivity contribution in [2.45, 2.75) is 242 Å². The standard InChI is InChI=1S/C26H32FN5O3S.C26H30N6O3S.C26H33N5O3S.C25H30FN5O3S/c1-16(2)32-19(15-31(4)5)12-26(29-32)36(34,35)30-25(33)14-23-20-7-6-8-21(20)24(27)13-22(23)18-9-10-28-17(3)11-18;1-17(2)32-20(16-31(4)5)14-26(29-32)36(34,35)30-25(33)15-23-21-8-6-7-18(21)9-10-22(23)19-11-12-28-24(13-19)27-3;1-17(2)31-21(16-30(4)5)14-26(28-31)35(33,34)29-25(32)15-24-22-8-6-7-19(22)9-10-23(24)20-11-12-27-18(3)13-20;1-16(2)31-18(15-30(3)4)12-25(28-31)35(33,34)29-24(32)14-22-19-6-5-7-20(19)23(26)13-21(22)17-8-10-27-11-9-17/h9-13,16H,6-8,14-15H2,1-5H3,(H,30,33);9-14,17H,6-8,15-16H2,1-2,4-5H3,(H,30,33);9-14,17H,6-8,15-16H2,1-5H3,(H,29,32);8-13,16H,5-7,14-15H2,1-4H3,(H,29,32). The molecule has 4 aliphatic rings. The van der Waals surface area contributed by atoms with E-state index in [4.69, 9.17) is 6.57 Å². The largest absolute Gasteiger partial charge is 0.361 e. The summed E-state index contributed by atoms with van der Waals surface area (Å²) in [5.74, 6) is -2.88. The lowest BCUT2D eigenvalue weighted by atomic mass is 9.90. The normalized spacial score (nSPS) is 13.4. The fraction of sp³-hybridized carbons (Fsp3) is 0.408. The van der Waals surface area contributed by atoms with Crippen LogP contribution in [0.15, 0.2) is 160 Å². The van der Waals surface area contributed by atoms with E-state index in [-0.39, 0.29) is 87.4 Å². The maximum atomic E-state index is 14.9. The van der Waals surface area contributed by atoms with Crippen LogP contribution >= 0.6 is 0 Å². The Morgan fingerprint density at radius 3 is 0.937 bits per heavy atom. The molecule has 12 aromatic rings. The van der Waals surface area contributed by atoms with Gasteiger partial charge in [0.05, 0.1) is 48.5 Å². The van der Waals surface area contributed by atoms with Crippen LogP contribution in [-0.2, 0) is 163 Å². The first-order valence-corrected chi connectivity index (χ1v) is 53.3. The van der Waals surface area contributed by atoms with Crippen LogP contribution in [0.25, 0.3) is 49.4 Å². The number of hydrogen-bond donors (Lipinski definition) is 4. The molecule has 0 aliphatic heterocycles. The van der Waals surface area contributed by atoms with E-state index in [2.05, 4.69) is 76.2 Å². The zero-order chi connectivity index (χ0) is 103. The first kappa shape index (κ1) is 106. The van der Waals surface area contributed by atoms with E-state index < -0.39 is 63.7 Å². The van der Waals surface area contributed by atoms with Gasteiger partial charge in [-0.15, -0.1) is 4.98 Å². The molecule has 16 rings (SSSR count). The van der Waals surface area contributed by atoms with Gasteiger partial charge in [-0.05, 0) is 375 Å². The third-order valence-electron chi connectivity index (χ3n) is 24.8. The molecule has 0 saturated heterocycles. The number of amides is 4. The van der Waals surface area contributed by atoms with E-state index in [0.717, 1.165) is 152 Å². The maximum Gasteiger partial charge on any atom is 0.283 e. The Labute approximate surface area is 830 Å². The second kappa shape index (κ2) is 45.2. The quantitative estimate of drug-likeness (QED) is 0.0284. The molecular weight excluding hydrogens is 1890 g/mol. The van der Waals surface area contributed by atoms with Crippen LogP contribution in [0.5, 0.6) is 0 Å². The molecule has 39 heteroatoms. The summed E-state index contributed by atoms with van der Waals surface area (Å²) in [4.78, 5) is 80.0. The van der Waals surface area contributed by atoms with E-state index in [1.54, 1.807) is 86.1 Å². The fourth-order valence-electron chi connectivity index (χ4n) is 18.9. The van der Waals surface area contributed by atoms with Crippen molar-refractivity contribution in [1.29, 1.82) is 0 Å². The molecule has 8 aromatic heterocycles. The molecule has 4 N–H and O–H groups in total. The molecule has 4 amide bonds. The lowest BCUT2D eigenvalue weighted by Gasteiger charge is -2.16. The highest BCUT2D eigenvalue weighted by Gasteiger charge is 2.35. The third kappa shape index (κ3) is 25.6. The van der Waals surface area contributed by atoms with E-state index in [0.29, 0.717) is 85.2 Å².